The minimum atomic E-state index is -0.554. The molecule has 110 valence electrons. The molecule has 1 aliphatic rings. The van der Waals surface area contributed by atoms with Crippen LogP contribution in [-0.2, 0) is 9.59 Å². The van der Waals surface area contributed by atoms with Crippen LogP contribution in [0.5, 0.6) is 0 Å². The van der Waals surface area contributed by atoms with Crippen molar-refractivity contribution in [2.24, 2.45) is 11.7 Å². The summed E-state index contributed by atoms with van der Waals surface area (Å²) in [5.41, 5.74) is 5.73. The van der Waals surface area contributed by atoms with Gasteiger partial charge in [0, 0.05) is 23.6 Å². The third kappa shape index (κ3) is 5.03. The van der Waals surface area contributed by atoms with Gasteiger partial charge in [0.15, 0.2) is 0 Å². The molecule has 1 aliphatic heterocycles. The van der Waals surface area contributed by atoms with Crippen LogP contribution in [0, 0.1) is 5.92 Å². The van der Waals surface area contributed by atoms with Gasteiger partial charge in [-0.2, -0.15) is 11.8 Å². The zero-order valence-corrected chi connectivity index (χ0v) is 13.0. The zero-order valence-electron chi connectivity index (χ0n) is 12.2. The van der Waals surface area contributed by atoms with Crippen LogP contribution in [0.2, 0.25) is 0 Å². The molecule has 0 spiro atoms. The number of nitrogens with two attached hydrogens (primary N) is 1. The average Bonchev–Trinajstić information content (AvgIpc) is 2.33. The lowest BCUT2D eigenvalue weighted by atomic mass is 10.1. The minimum Gasteiger partial charge on any atom is -0.346 e. The first-order valence-electron chi connectivity index (χ1n) is 6.68. The van der Waals surface area contributed by atoms with Gasteiger partial charge in [0.05, 0.1) is 12.6 Å². The van der Waals surface area contributed by atoms with E-state index >= 15 is 0 Å². The van der Waals surface area contributed by atoms with E-state index < -0.39 is 6.04 Å². The van der Waals surface area contributed by atoms with Gasteiger partial charge in [-0.05, 0) is 19.8 Å². The van der Waals surface area contributed by atoms with Gasteiger partial charge in [-0.25, -0.2) is 0 Å². The Balaban J connectivity index is 2.41. The predicted octanol–water partition coefficient (Wildman–Crippen LogP) is 0.440. The Labute approximate surface area is 119 Å². The lowest BCUT2D eigenvalue weighted by molar-refractivity contribution is -0.133. The van der Waals surface area contributed by atoms with Gasteiger partial charge in [0.2, 0.25) is 11.8 Å². The smallest absolute Gasteiger partial charge is 0.242 e. The fraction of sp³-hybridized carbons (Fsp3) is 0.846. The van der Waals surface area contributed by atoms with Gasteiger partial charge in [0.25, 0.3) is 0 Å². The van der Waals surface area contributed by atoms with Crippen LogP contribution < -0.4 is 11.1 Å². The highest BCUT2D eigenvalue weighted by molar-refractivity contribution is 8.00. The molecule has 6 heteroatoms. The van der Waals surface area contributed by atoms with E-state index in [0.29, 0.717) is 0 Å². The third-order valence-electron chi connectivity index (χ3n) is 3.21. The molecule has 0 saturated carbocycles. The van der Waals surface area contributed by atoms with E-state index in [0.717, 1.165) is 18.8 Å². The summed E-state index contributed by atoms with van der Waals surface area (Å²) >= 11 is 1.87. The molecule has 1 rings (SSSR count). The second-order valence-corrected chi connectivity index (χ2v) is 7.71. The maximum Gasteiger partial charge on any atom is 0.242 e. The largest absolute Gasteiger partial charge is 0.346 e. The Hall–Kier alpha value is -0.750. The molecule has 3 N–H and O–H groups in total. The van der Waals surface area contributed by atoms with Gasteiger partial charge >= 0.3 is 0 Å². The molecular weight excluding hydrogens is 262 g/mol. The molecule has 0 aromatic carbocycles. The Kier molecular flexibility index (Phi) is 5.67. The van der Waals surface area contributed by atoms with Gasteiger partial charge in [-0.3, -0.25) is 9.59 Å². The molecular formula is C13H25N3O2S. The first kappa shape index (κ1) is 16.3. The van der Waals surface area contributed by atoms with Crippen molar-refractivity contribution < 1.29 is 9.59 Å². The molecule has 0 aromatic heterocycles. The number of carbonyl (C=O) groups excluding carboxylic acids is 2. The van der Waals surface area contributed by atoms with E-state index in [2.05, 4.69) is 19.2 Å². The molecule has 0 radical (unpaired) electrons. The SMILES string of the molecule is CC(C)[C@H](N)C(=O)NCC(=O)N1CCSC(C)(C)C1. The molecule has 19 heavy (non-hydrogen) atoms. The van der Waals surface area contributed by atoms with Gasteiger partial charge in [0.1, 0.15) is 0 Å². The Bertz CT molecular complexity index is 345. The van der Waals surface area contributed by atoms with Crippen LogP contribution >= 0.6 is 11.8 Å². The molecule has 0 bridgehead atoms. The monoisotopic (exact) mass is 287 g/mol. The van der Waals surface area contributed by atoms with Crippen molar-refractivity contribution in [3.8, 4) is 0 Å². The van der Waals surface area contributed by atoms with E-state index in [1.807, 2.05) is 30.5 Å². The van der Waals surface area contributed by atoms with Crippen LogP contribution in [-0.4, -0.2) is 52.9 Å². The zero-order chi connectivity index (χ0) is 14.6. The molecule has 5 nitrogen and oxygen atoms in total. The Morgan fingerprint density at radius 1 is 1.42 bits per heavy atom. The van der Waals surface area contributed by atoms with E-state index in [-0.39, 0.29) is 29.0 Å². The minimum absolute atomic E-state index is 0.0299. The summed E-state index contributed by atoms with van der Waals surface area (Å²) in [5, 5.41) is 2.63. The quantitative estimate of drug-likeness (QED) is 0.787. The summed E-state index contributed by atoms with van der Waals surface area (Å²) in [6, 6.07) is -0.554. The second kappa shape index (κ2) is 6.61. The lowest BCUT2D eigenvalue weighted by Gasteiger charge is -2.37. The first-order chi connectivity index (χ1) is 8.73. The molecule has 1 heterocycles. The van der Waals surface area contributed by atoms with Crippen molar-refractivity contribution in [1.82, 2.24) is 10.2 Å². The summed E-state index contributed by atoms with van der Waals surface area (Å²) in [6.07, 6.45) is 0. The summed E-state index contributed by atoms with van der Waals surface area (Å²) < 4.78 is 0.0895. The summed E-state index contributed by atoms with van der Waals surface area (Å²) in [6.45, 7) is 9.54. The number of thioether (sulfide) groups is 1. The standard InChI is InChI=1S/C13H25N3O2S/c1-9(2)11(14)12(18)15-7-10(17)16-5-6-19-13(3,4)8-16/h9,11H,5-8,14H2,1-4H3,(H,15,18)/t11-/m0/s1. The molecule has 0 unspecified atom stereocenters. The van der Waals surface area contributed by atoms with Gasteiger partial charge in [-0.15, -0.1) is 0 Å². The summed E-state index contributed by atoms with van der Waals surface area (Å²) in [5.74, 6) is 0.727. The third-order valence-corrected chi connectivity index (χ3v) is 4.51. The van der Waals surface area contributed by atoms with E-state index in [1.165, 1.54) is 0 Å². The van der Waals surface area contributed by atoms with Crippen LogP contribution in [0.25, 0.3) is 0 Å². The van der Waals surface area contributed by atoms with Crippen molar-refractivity contribution in [2.45, 2.75) is 38.5 Å². The fourth-order valence-electron chi connectivity index (χ4n) is 1.92. The number of nitrogens with one attached hydrogen (secondary N) is 1. The predicted molar refractivity (Wildman–Crippen MR) is 78.9 cm³/mol. The highest BCUT2D eigenvalue weighted by Gasteiger charge is 2.29. The number of hydrogen-bond acceptors (Lipinski definition) is 4. The van der Waals surface area contributed by atoms with Crippen LogP contribution in [0.15, 0.2) is 0 Å². The van der Waals surface area contributed by atoms with Crippen LogP contribution in [0.1, 0.15) is 27.7 Å². The maximum absolute atomic E-state index is 12.0. The normalized spacial score (nSPS) is 20.2. The van der Waals surface area contributed by atoms with E-state index in [1.54, 1.807) is 0 Å². The number of nitrogens with zero attached hydrogens (tertiary/aromatic N) is 1. The number of rotatable bonds is 4. The maximum atomic E-state index is 12.0. The van der Waals surface area contributed by atoms with Crippen molar-refractivity contribution in [3.63, 3.8) is 0 Å². The molecule has 0 aliphatic carbocycles. The molecule has 1 fully saturated rings. The van der Waals surface area contributed by atoms with Crippen LogP contribution in [0.4, 0.5) is 0 Å². The average molecular weight is 287 g/mol. The van der Waals surface area contributed by atoms with Gasteiger partial charge in [-0.1, -0.05) is 13.8 Å². The Morgan fingerprint density at radius 2 is 2.05 bits per heavy atom. The number of hydrogen-bond donors (Lipinski definition) is 2. The first-order valence-corrected chi connectivity index (χ1v) is 7.66. The molecule has 1 atom stereocenters. The van der Waals surface area contributed by atoms with E-state index in [4.69, 9.17) is 5.73 Å². The van der Waals surface area contributed by atoms with Crippen molar-refractivity contribution >= 4 is 23.6 Å². The number of amides is 2. The highest BCUT2D eigenvalue weighted by Crippen LogP contribution is 2.29. The molecule has 1 saturated heterocycles. The van der Waals surface area contributed by atoms with Crippen molar-refractivity contribution in [2.75, 3.05) is 25.4 Å². The summed E-state index contributed by atoms with van der Waals surface area (Å²) in [7, 11) is 0. The van der Waals surface area contributed by atoms with Gasteiger partial charge < -0.3 is 16.0 Å². The topological polar surface area (TPSA) is 75.4 Å². The fourth-order valence-corrected chi connectivity index (χ4v) is 3.04. The lowest BCUT2D eigenvalue weighted by Crippen LogP contribution is -2.51. The van der Waals surface area contributed by atoms with Crippen molar-refractivity contribution in [3.05, 3.63) is 0 Å². The van der Waals surface area contributed by atoms with Crippen molar-refractivity contribution in [1.29, 1.82) is 0 Å². The molecule has 0 aromatic rings. The Morgan fingerprint density at radius 3 is 2.58 bits per heavy atom. The van der Waals surface area contributed by atoms with E-state index in [9.17, 15) is 9.59 Å². The molecule has 2 amide bonds. The number of carbonyl (C=O) groups is 2. The second-order valence-electron chi connectivity index (χ2n) is 5.91. The van der Waals surface area contributed by atoms with Crippen LogP contribution in [0.3, 0.4) is 0 Å². The summed E-state index contributed by atoms with van der Waals surface area (Å²) in [4.78, 5) is 25.5. The highest BCUT2D eigenvalue weighted by atomic mass is 32.2.